The third-order valence-electron chi connectivity index (χ3n) is 3.76. The van der Waals surface area contributed by atoms with Gasteiger partial charge in [-0.15, -0.1) is 0 Å². The van der Waals surface area contributed by atoms with Crippen molar-refractivity contribution in [2.24, 2.45) is 0 Å². The summed E-state index contributed by atoms with van der Waals surface area (Å²) >= 11 is 0. The van der Waals surface area contributed by atoms with Gasteiger partial charge >= 0.3 is 5.97 Å². The Bertz CT molecular complexity index is 617. The summed E-state index contributed by atoms with van der Waals surface area (Å²) in [4.78, 5) is 15.4. The van der Waals surface area contributed by atoms with E-state index in [1.54, 1.807) is 0 Å². The molecule has 2 N–H and O–H groups in total. The van der Waals surface area contributed by atoms with Crippen molar-refractivity contribution in [3.8, 4) is 0 Å². The van der Waals surface area contributed by atoms with Crippen molar-refractivity contribution >= 4 is 16.9 Å². The Morgan fingerprint density at radius 1 is 1.39 bits per heavy atom. The number of fused-ring (bicyclic) bond motifs is 3. The molecule has 2 heterocycles. The molecule has 1 aromatic heterocycles. The van der Waals surface area contributed by atoms with Crippen molar-refractivity contribution in [2.45, 2.75) is 18.9 Å². The van der Waals surface area contributed by atoms with Crippen LogP contribution in [0.25, 0.3) is 10.9 Å². The van der Waals surface area contributed by atoms with Crippen LogP contribution in [0.1, 0.15) is 18.2 Å². The maximum absolute atomic E-state index is 12.0. The lowest BCUT2D eigenvalue weighted by molar-refractivity contribution is -0.148. The summed E-state index contributed by atoms with van der Waals surface area (Å²) in [6, 6.07) is 8.14. The zero-order chi connectivity index (χ0) is 12.8. The number of esters is 1. The smallest absolute Gasteiger partial charge is 0.331 e. The second kappa shape index (κ2) is 3.85. The molecule has 0 saturated carbocycles. The molecule has 0 radical (unpaired) electrons. The minimum absolute atomic E-state index is 0.255. The van der Waals surface area contributed by atoms with Crippen LogP contribution in [0.15, 0.2) is 24.3 Å². The van der Waals surface area contributed by atoms with Crippen LogP contribution in [0.3, 0.4) is 0 Å². The predicted molar refractivity (Wildman–Crippen MR) is 69.4 cm³/mol. The number of aromatic nitrogens is 1. The van der Waals surface area contributed by atoms with Gasteiger partial charge in [0.15, 0.2) is 5.54 Å². The molecule has 3 rings (SSSR count). The second-order valence-electron chi connectivity index (χ2n) is 4.82. The third kappa shape index (κ3) is 1.39. The topological polar surface area (TPSA) is 54.1 Å². The maximum atomic E-state index is 12.0. The monoisotopic (exact) mass is 244 g/mol. The molecular formula is C14H16N2O2. The highest BCUT2D eigenvalue weighted by molar-refractivity contribution is 5.90. The molecule has 0 spiro atoms. The Morgan fingerprint density at radius 2 is 2.17 bits per heavy atom. The van der Waals surface area contributed by atoms with Gasteiger partial charge in [0.2, 0.25) is 0 Å². The fraction of sp³-hybridized carbons (Fsp3) is 0.357. The molecule has 4 nitrogen and oxygen atoms in total. The first-order chi connectivity index (χ1) is 8.66. The molecular weight excluding hydrogens is 228 g/mol. The average molecular weight is 244 g/mol. The van der Waals surface area contributed by atoms with E-state index in [9.17, 15) is 4.79 Å². The molecule has 0 amide bonds. The number of para-hydroxylation sites is 1. The average Bonchev–Trinajstić information content (AvgIpc) is 2.78. The third-order valence-corrected chi connectivity index (χ3v) is 3.76. The number of aromatic amines is 1. The Morgan fingerprint density at radius 3 is 2.94 bits per heavy atom. The van der Waals surface area contributed by atoms with Crippen molar-refractivity contribution in [3.63, 3.8) is 0 Å². The molecule has 1 aliphatic heterocycles. The predicted octanol–water partition coefficient (Wildman–Crippen LogP) is 1.70. The van der Waals surface area contributed by atoms with E-state index in [-0.39, 0.29) is 5.97 Å². The standard InChI is InChI=1S/C14H16N2O2/c1-14(13(17)18-2)12-10(7-8-15-14)9-5-3-4-6-11(9)16-12/h3-6,15-16H,7-8H2,1-2H3/t14-/m0/s1. The molecule has 1 atom stereocenters. The minimum atomic E-state index is -0.776. The van der Waals surface area contributed by atoms with E-state index in [4.69, 9.17) is 4.74 Å². The molecule has 18 heavy (non-hydrogen) atoms. The van der Waals surface area contributed by atoms with Gasteiger partial charge in [-0.3, -0.25) is 5.32 Å². The fourth-order valence-electron chi connectivity index (χ4n) is 2.79. The van der Waals surface area contributed by atoms with E-state index in [1.165, 1.54) is 18.1 Å². The summed E-state index contributed by atoms with van der Waals surface area (Å²) in [7, 11) is 1.42. The summed E-state index contributed by atoms with van der Waals surface area (Å²) in [5.74, 6) is -0.255. The van der Waals surface area contributed by atoms with Gasteiger partial charge in [-0.05, 0) is 25.0 Å². The normalized spacial score (nSPS) is 22.8. The number of benzene rings is 1. The first kappa shape index (κ1) is 11.3. The Kier molecular flexibility index (Phi) is 2.41. The second-order valence-corrected chi connectivity index (χ2v) is 4.82. The van der Waals surface area contributed by atoms with Crippen LogP contribution in [0.4, 0.5) is 0 Å². The molecule has 0 aliphatic carbocycles. The minimum Gasteiger partial charge on any atom is -0.467 e. The van der Waals surface area contributed by atoms with Crippen molar-refractivity contribution in [2.75, 3.05) is 13.7 Å². The summed E-state index contributed by atoms with van der Waals surface area (Å²) in [6.07, 6.45) is 0.923. The van der Waals surface area contributed by atoms with Crippen molar-refractivity contribution in [1.82, 2.24) is 10.3 Å². The number of nitrogens with one attached hydrogen (secondary N) is 2. The van der Waals surface area contributed by atoms with Crippen LogP contribution in [-0.4, -0.2) is 24.6 Å². The number of hydrogen-bond acceptors (Lipinski definition) is 3. The Labute approximate surface area is 105 Å². The lowest BCUT2D eigenvalue weighted by Gasteiger charge is -2.32. The molecule has 4 heteroatoms. The molecule has 1 aliphatic rings. The number of hydrogen-bond donors (Lipinski definition) is 2. The van der Waals surface area contributed by atoms with Gasteiger partial charge in [0.1, 0.15) is 0 Å². The van der Waals surface area contributed by atoms with Gasteiger partial charge in [-0.2, -0.15) is 0 Å². The highest BCUT2D eigenvalue weighted by atomic mass is 16.5. The van der Waals surface area contributed by atoms with Gasteiger partial charge in [0.05, 0.1) is 12.8 Å². The lowest BCUT2D eigenvalue weighted by Crippen LogP contribution is -2.51. The van der Waals surface area contributed by atoms with Crippen LogP contribution in [-0.2, 0) is 21.5 Å². The number of H-pyrrole nitrogens is 1. The summed E-state index contributed by atoms with van der Waals surface area (Å²) < 4.78 is 4.92. The van der Waals surface area contributed by atoms with E-state index in [2.05, 4.69) is 16.4 Å². The van der Waals surface area contributed by atoms with Gasteiger partial charge in [-0.25, -0.2) is 4.79 Å². The highest BCUT2D eigenvalue weighted by Crippen LogP contribution is 2.34. The summed E-state index contributed by atoms with van der Waals surface area (Å²) in [5.41, 5.74) is 2.45. The van der Waals surface area contributed by atoms with E-state index in [0.717, 1.165) is 24.2 Å². The van der Waals surface area contributed by atoms with E-state index in [0.29, 0.717) is 0 Å². The number of methoxy groups -OCH3 is 1. The molecule has 1 aromatic carbocycles. The number of carbonyl (C=O) groups excluding carboxylic acids is 1. The molecule has 0 unspecified atom stereocenters. The van der Waals surface area contributed by atoms with Crippen molar-refractivity contribution < 1.29 is 9.53 Å². The first-order valence-electron chi connectivity index (χ1n) is 6.10. The zero-order valence-electron chi connectivity index (χ0n) is 10.5. The summed E-state index contributed by atoms with van der Waals surface area (Å²) in [5, 5.41) is 4.46. The van der Waals surface area contributed by atoms with Gasteiger partial charge < -0.3 is 9.72 Å². The molecule has 0 fully saturated rings. The Hall–Kier alpha value is -1.81. The van der Waals surface area contributed by atoms with Crippen molar-refractivity contribution in [1.29, 1.82) is 0 Å². The van der Waals surface area contributed by atoms with Gasteiger partial charge in [0.25, 0.3) is 0 Å². The molecule has 0 bridgehead atoms. The van der Waals surface area contributed by atoms with Gasteiger partial charge in [0, 0.05) is 17.4 Å². The van der Waals surface area contributed by atoms with Crippen LogP contribution in [0, 0.1) is 0 Å². The van der Waals surface area contributed by atoms with Crippen molar-refractivity contribution in [3.05, 3.63) is 35.5 Å². The number of rotatable bonds is 1. The number of carbonyl (C=O) groups is 1. The molecule has 2 aromatic rings. The maximum Gasteiger partial charge on any atom is 0.331 e. The number of ether oxygens (including phenoxy) is 1. The quantitative estimate of drug-likeness (QED) is 0.751. The van der Waals surface area contributed by atoms with Gasteiger partial charge in [-0.1, -0.05) is 18.2 Å². The van der Waals surface area contributed by atoms with Crippen LogP contribution >= 0.6 is 0 Å². The van der Waals surface area contributed by atoms with Crippen LogP contribution in [0.2, 0.25) is 0 Å². The van der Waals surface area contributed by atoms with Crippen LogP contribution < -0.4 is 5.32 Å². The zero-order valence-corrected chi connectivity index (χ0v) is 10.5. The van der Waals surface area contributed by atoms with E-state index < -0.39 is 5.54 Å². The van der Waals surface area contributed by atoms with E-state index in [1.807, 2.05) is 25.1 Å². The Balaban J connectivity index is 2.25. The summed E-state index contributed by atoms with van der Waals surface area (Å²) in [6.45, 7) is 2.65. The SMILES string of the molecule is COC(=O)[C@@]1(C)NCCc2c1[nH]c1ccccc21. The van der Waals surface area contributed by atoms with Crippen LogP contribution in [0.5, 0.6) is 0 Å². The fourth-order valence-corrected chi connectivity index (χ4v) is 2.79. The first-order valence-corrected chi connectivity index (χ1v) is 6.10. The molecule has 0 saturated heterocycles. The van der Waals surface area contributed by atoms with E-state index >= 15 is 0 Å². The lowest BCUT2D eigenvalue weighted by atomic mass is 9.88. The highest BCUT2D eigenvalue weighted by Gasteiger charge is 2.41. The molecule has 94 valence electrons. The largest absolute Gasteiger partial charge is 0.467 e.